The number of nitrogens with zero attached hydrogens (tertiary/aromatic N) is 5. The van der Waals surface area contributed by atoms with Crippen LogP contribution in [0, 0.1) is 11.3 Å². The minimum absolute atomic E-state index is 0.0553. The summed E-state index contributed by atoms with van der Waals surface area (Å²) >= 11 is 0. The SMILES string of the molecule is N#Cc1ccc(N2CC3CCC(C2)N3CCCc2cc3ncccc3c(=O)[nH]2)cn1. The molecule has 0 aromatic carbocycles. The smallest absolute Gasteiger partial charge is 0.257 e. The highest BCUT2D eigenvalue weighted by Crippen LogP contribution is 2.32. The Morgan fingerprint density at radius 3 is 2.73 bits per heavy atom. The lowest BCUT2D eigenvalue weighted by Gasteiger charge is -2.42. The maximum Gasteiger partial charge on any atom is 0.257 e. The van der Waals surface area contributed by atoms with Crippen LogP contribution in [0.15, 0.2) is 47.5 Å². The quantitative estimate of drug-likeness (QED) is 0.708. The Hall–Kier alpha value is -3.24. The Balaban J connectivity index is 1.21. The van der Waals surface area contributed by atoms with Crippen LogP contribution in [0.1, 0.15) is 30.7 Å². The van der Waals surface area contributed by atoms with E-state index < -0.39 is 0 Å². The molecule has 7 heteroatoms. The van der Waals surface area contributed by atoms with E-state index in [0.717, 1.165) is 49.4 Å². The van der Waals surface area contributed by atoms with E-state index >= 15 is 0 Å². The second-order valence-corrected chi connectivity index (χ2v) is 8.20. The highest BCUT2D eigenvalue weighted by Gasteiger charge is 2.39. The third kappa shape index (κ3) is 3.55. The van der Waals surface area contributed by atoms with Crippen LogP contribution in [-0.4, -0.2) is 51.6 Å². The highest BCUT2D eigenvalue weighted by molar-refractivity contribution is 5.77. The van der Waals surface area contributed by atoms with E-state index in [4.69, 9.17) is 5.26 Å². The van der Waals surface area contributed by atoms with E-state index in [1.54, 1.807) is 18.3 Å². The van der Waals surface area contributed by atoms with Crippen LogP contribution in [0.4, 0.5) is 5.69 Å². The van der Waals surface area contributed by atoms with Crippen molar-refractivity contribution >= 4 is 16.6 Å². The van der Waals surface area contributed by atoms with Crippen LogP contribution in [0.5, 0.6) is 0 Å². The average molecular weight is 400 g/mol. The first kappa shape index (κ1) is 18.8. The van der Waals surface area contributed by atoms with E-state index in [-0.39, 0.29) is 5.56 Å². The van der Waals surface area contributed by atoms with Crippen molar-refractivity contribution < 1.29 is 0 Å². The van der Waals surface area contributed by atoms with E-state index in [9.17, 15) is 4.79 Å². The van der Waals surface area contributed by atoms with Crippen molar-refractivity contribution in [3.8, 4) is 6.07 Å². The van der Waals surface area contributed by atoms with Crippen molar-refractivity contribution in [2.45, 2.75) is 37.8 Å². The standard InChI is InChI=1S/C23H24N6O/c24-12-17-5-6-18(13-26-17)28-14-19-7-8-20(15-28)29(19)10-2-3-16-11-22-21(23(30)27-16)4-1-9-25-22/h1,4-6,9,11,13,19-20H,2-3,7-8,10,14-15H2,(H,27,30). The molecule has 1 N–H and O–H groups in total. The number of fused-ring (bicyclic) bond motifs is 3. The summed E-state index contributed by atoms with van der Waals surface area (Å²) in [5.41, 5.74) is 3.23. The molecule has 2 unspecified atom stereocenters. The van der Waals surface area contributed by atoms with Crippen LogP contribution in [0.2, 0.25) is 0 Å². The maximum absolute atomic E-state index is 12.3. The van der Waals surface area contributed by atoms with Gasteiger partial charge in [0.1, 0.15) is 11.8 Å². The van der Waals surface area contributed by atoms with Crippen LogP contribution < -0.4 is 10.5 Å². The Kier molecular flexibility index (Phi) is 4.93. The molecule has 0 spiro atoms. The number of pyridine rings is 3. The van der Waals surface area contributed by atoms with Crippen LogP contribution >= 0.6 is 0 Å². The van der Waals surface area contributed by atoms with E-state index in [1.165, 1.54) is 12.8 Å². The maximum atomic E-state index is 12.3. The predicted molar refractivity (Wildman–Crippen MR) is 115 cm³/mol. The fourth-order valence-electron chi connectivity index (χ4n) is 4.93. The van der Waals surface area contributed by atoms with Gasteiger partial charge in [-0.1, -0.05) is 0 Å². The van der Waals surface area contributed by atoms with Gasteiger partial charge in [0, 0.05) is 37.1 Å². The minimum Gasteiger partial charge on any atom is -0.367 e. The third-order valence-corrected chi connectivity index (χ3v) is 6.39. The minimum atomic E-state index is -0.0553. The molecule has 30 heavy (non-hydrogen) atoms. The number of aromatic nitrogens is 3. The number of piperazine rings is 1. The van der Waals surface area contributed by atoms with Gasteiger partial charge >= 0.3 is 0 Å². The van der Waals surface area contributed by atoms with Crippen LogP contribution in [0.3, 0.4) is 0 Å². The summed E-state index contributed by atoms with van der Waals surface area (Å²) in [6.45, 7) is 3.04. The first-order chi connectivity index (χ1) is 14.7. The highest BCUT2D eigenvalue weighted by atomic mass is 16.1. The number of anilines is 1. The van der Waals surface area contributed by atoms with Gasteiger partial charge in [0.25, 0.3) is 5.56 Å². The number of aromatic amines is 1. The molecule has 152 valence electrons. The lowest BCUT2D eigenvalue weighted by molar-refractivity contribution is 0.167. The van der Waals surface area contributed by atoms with E-state index in [1.807, 2.05) is 24.4 Å². The monoisotopic (exact) mass is 400 g/mol. The van der Waals surface area contributed by atoms with Crippen molar-refractivity contribution in [3.05, 3.63) is 64.5 Å². The molecule has 0 aliphatic carbocycles. The zero-order valence-corrected chi connectivity index (χ0v) is 16.8. The number of rotatable bonds is 5. The van der Waals surface area contributed by atoms with Gasteiger partial charge in [-0.3, -0.25) is 14.7 Å². The lowest BCUT2D eigenvalue weighted by Crippen LogP contribution is -2.54. The van der Waals surface area contributed by atoms with Crippen molar-refractivity contribution in [2.24, 2.45) is 0 Å². The summed E-state index contributed by atoms with van der Waals surface area (Å²) in [6.07, 6.45) is 7.85. The van der Waals surface area contributed by atoms with E-state index in [2.05, 4.69) is 30.8 Å². The average Bonchev–Trinajstić information content (AvgIpc) is 3.01. The van der Waals surface area contributed by atoms with Gasteiger partial charge in [0.2, 0.25) is 0 Å². The molecule has 7 nitrogen and oxygen atoms in total. The molecule has 0 amide bonds. The molecule has 5 rings (SSSR count). The topological polar surface area (TPSA) is 88.9 Å². The molecular weight excluding hydrogens is 376 g/mol. The number of nitriles is 1. The summed E-state index contributed by atoms with van der Waals surface area (Å²) in [5.74, 6) is 0. The summed E-state index contributed by atoms with van der Waals surface area (Å²) < 4.78 is 0. The molecule has 0 radical (unpaired) electrons. The van der Waals surface area contributed by atoms with Gasteiger partial charge in [-0.15, -0.1) is 0 Å². The second-order valence-electron chi connectivity index (χ2n) is 8.20. The molecule has 2 aliphatic rings. The Morgan fingerprint density at radius 2 is 2.00 bits per heavy atom. The fourth-order valence-corrected chi connectivity index (χ4v) is 4.93. The molecule has 5 heterocycles. The van der Waals surface area contributed by atoms with Crippen molar-refractivity contribution in [1.82, 2.24) is 19.9 Å². The van der Waals surface area contributed by atoms with Gasteiger partial charge in [0.15, 0.2) is 0 Å². The molecule has 3 aromatic heterocycles. The Morgan fingerprint density at radius 1 is 1.17 bits per heavy atom. The lowest BCUT2D eigenvalue weighted by atomic mass is 10.1. The molecule has 2 aliphatic heterocycles. The van der Waals surface area contributed by atoms with Gasteiger partial charge in [-0.25, -0.2) is 4.98 Å². The van der Waals surface area contributed by atoms with Gasteiger partial charge in [-0.2, -0.15) is 5.26 Å². The first-order valence-electron chi connectivity index (χ1n) is 10.5. The van der Waals surface area contributed by atoms with Crippen LogP contribution in [0.25, 0.3) is 10.9 Å². The summed E-state index contributed by atoms with van der Waals surface area (Å²) in [7, 11) is 0. The van der Waals surface area contributed by atoms with Gasteiger partial charge < -0.3 is 9.88 Å². The number of nitrogens with one attached hydrogen (secondary N) is 1. The summed E-state index contributed by atoms with van der Waals surface area (Å²) in [4.78, 5) is 28.9. The van der Waals surface area contributed by atoms with Gasteiger partial charge in [-0.05, 0) is 62.6 Å². The number of H-pyrrole nitrogens is 1. The van der Waals surface area contributed by atoms with Crippen molar-refractivity contribution in [1.29, 1.82) is 5.26 Å². The zero-order valence-electron chi connectivity index (χ0n) is 16.8. The Labute approximate surface area is 175 Å². The molecule has 2 atom stereocenters. The molecular formula is C23H24N6O. The molecule has 2 fully saturated rings. The Bertz CT molecular complexity index is 1130. The number of aryl methyl sites for hydroxylation is 1. The van der Waals surface area contributed by atoms with Gasteiger partial charge in [0.05, 0.1) is 22.8 Å². The predicted octanol–water partition coefficient (Wildman–Crippen LogP) is 2.48. The van der Waals surface area contributed by atoms with Crippen molar-refractivity contribution in [3.63, 3.8) is 0 Å². The van der Waals surface area contributed by atoms with E-state index in [0.29, 0.717) is 23.2 Å². The fraction of sp³-hybridized carbons (Fsp3) is 0.391. The number of hydrogen-bond acceptors (Lipinski definition) is 6. The molecule has 2 saturated heterocycles. The zero-order chi connectivity index (χ0) is 20.5. The largest absolute Gasteiger partial charge is 0.367 e. The normalized spacial score (nSPS) is 21.1. The third-order valence-electron chi connectivity index (χ3n) is 6.39. The second kappa shape index (κ2) is 7.88. The number of hydrogen-bond donors (Lipinski definition) is 1. The molecule has 0 saturated carbocycles. The first-order valence-corrected chi connectivity index (χ1v) is 10.5. The van der Waals surface area contributed by atoms with Crippen LogP contribution in [-0.2, 0) is 6.42 Å². The van der Waals surface area contributed by atoms with Crippen molar-refractivity contribution in [2.75, 3.05) is 24.5 Å². The molecule has 3 aromatic rings. The summed E-state index contributed by atoms with van der Waals surface area (Å²) in [6, 6.07) is 12.6. The molecule has 2 bridgehead atoms. The summed E-state index contributed by atoms with van der Waals surface area (Å²) in [5, 5.41) is 9.59.